The molecular formula is C18H17NOS. The smallest absolute Gasteiger partial charge is 0.120 e. The van der Waals surface area contributed by atoms with Gasteiger partial charge in [-0.2, -0.15) is 0 Å². The number of benzene rings is 3. The van der Waals surface area contributed by atoms with Gasteiger partial charge in [0.15, 0.2) is 0 Å². The van der Waals surface area contributed by atoms with Crippen molar-refractivity contribution in [1.82, 2.24) is 0 Å². The van der Waals surface area contributed by atoms with Crippen molar-refractivity contribution in [2.24, 2.45) is 0 Å². The number of nitrogens with two attached hydrogens (primary N) is 1. The number of nitrogen functional groups attached to an aromatic ring is 1. The molecule has 0 heterocycles. The van der Waals surface area contributed by atoms with Gasteiger partial charge in [0.25, 0.3) is 0 Å². The van der Waals surface area contributed by atoms with E-state index >= 15 is 0 Å². The average Bonchev–Trinajstić information content (AvgIpc) is 2.54. The van der Waals surface area contributed by atoms with Crippen LogP contribution in [0.4, 0.5) is 5.69 Å². The Kier molecular flexibility index (Phi) is 4.02. The van der Waals surface area contributed by atoms with Crippen LogP contribution in [0.5, 0.6) is 5.75 Å². The van der Waals surface area contributed by atoms with Crippen LogP contribution >= 0.6 is 11.8 Å². The highest BCUT2D eigenvalue weighted by atomic mass is 32.2. The molecule has 0 unspecified atom stereocenters. The van der Waals surface area contributed by atoms with E-state index in [0.717, 1.165) is 22.1 Å². The standard InChI is InChI=1S/C18H17NOS/c1-20-15-9-10-17(19)18(11-15)21-12-14-7-4-6-13-5-2-3-8-16(13)14/h2-11H,12,19H2,1H3. The number of rotatable bonds is 4. The second kappa shape index (κ2) is 6.10. The molecule has 0 aromatic heterocycles. The fourth-order valence-corrected chi connectivity index (χ4v) is 3.34. The largest absolute Gasteiger partial charge is 0.497 e. The molecule has 2 nitrogen and oxygen atoms in total. The predicted octanol–water partition coefficient (Wildman–Crippen LogP) is 4.72. The lowest BCUT2D eigenvalue weighted by Crippen LogP contribution is -1.91. The lowest BCUT2D eigenvalue weighted by atomic mass is 10.1. The molecule has 3 heteroatoms. The first-order valence-electron chi connectivity index (χ1n) is 6.81. The third-order valence-corrected chi connectivity index (χ3v) is 4.60. The van der Waals surface area contributed by atoms with E-state index < -0.39 is 0 Å². The second-order valence-electron chi connectivity index (χ2n) is 4.83. The molecule has 0 atom stereocenters. The van der Waals surface area contributed by atoms with Gasteiger partial charge in [-0.25, -0.2) is 0 Å². The molecule has 106 valence electrons. The summed E-state index contributed by atoms with van der Waals surface area (Å²) in [6.07, 6.45) is 0. The number of fused-ring (bicyclic) bond motifs is 1. The number of hydrogen-bond acceptors (Lipinski definition) is 3. The van der Waals surface area contributed by atoms with Crippen LogP contribution in [0.2, 0.25) is 0 Å². The van der Waals surface area contributed by atoms with E-state index in [0.29, 0.717) is 0 Å². The summed E-state index contributed by atoms with van der Waals surface area (Å²) in [5.41, 5.74) is 8.16. The van der Waals surface area contributed by atoms with Crippen molar-refractivity contribution >= 4 is 28.2 Å². The Morgan fingerprint density at radius 2 is 1.81 bits per heavy atom. The Balaban J connectivity index is 1.87. The van der Waals surface area contributed by atoms with Crippen LogP contribution in [-0.2, 0) is 5.75 Å². The van der Waals surface area contributed by atoms with Crippen molar-refractivity contribution in [2.75, 3.05) is 12.8 Å². The van der Waals surface area contributed by atoms with Crippen LogP contribution in [0.15, 0.2) is 65.6 Å². The quantitative estimate of drug-likeness (QED) is 0.558. The molecule has 0 fully saturated rings. The maximum absolute atomic E-state index is 6.04. The highest BCUT2D eigenvalue weighted by Gasteiger charge is 2.05. The number of anilines is 1. The highest BCUT2D eigenvalue weighted by Crippen LogP contribution is 2.33. The summed E-state index contributed by atoms with van der Waals surface area (Å²) in [5, 5.41) is 2.57. The first kappa shape index (κ1) is 13.8. The van der Waals surface area contributed by atoms with Crippen molar-refractivity contribution in [1.29, 1.82) is 0 Å². The Hall–Kier alpha value is -2.13. The van der Waals surface area contributed by atoms with Crippen LogP contribution in [0, 0.1) is 0 Å². The monoisotopic (exact) mass is 295 g/mol. The van der Waals surface area contributed by atoms with Gasteiger partial charge in [0.05, 0.1) is 7.11 Å². The minimum atomic E-state index is 0.793. The molecule has 0 radical (unpaired) electrons. The highest BCUT2D eigenvalue weighted by molar-refractivity contribution is 7.98. The van der Waals surface area contributed by atoms with Crippen LogP contribution in [0.3, 0.4) is 0 Å². The normalized spacial score (nSPS) is 10.7. The maximum atomic E-state index is 6.04. The Morgan fingerprint density at radius 1 is 1.00 bits per heavy atom. The molecule has 0 aliphatic heterocycles. The van der Waals surface area contributed by atoms with Crippen molar-refractivity contribution in [3.63, 3.8) is 0 Å². The summed E-state index contributed by atoms with van der Waals surface area (Å²) < 4.78 is 5.26. The molecule has 0 saturated carbocycles. The summed E-state index contributed by atoms with van der Waals surface area (Å²) in [4.78, 5) is 1.06. The van der Waals surface area contributed by atoms with Gasteiger partial charge in [-0.15, -0.1) is 11.8 Å². The molecule has 0 saturated heterocycles. The van der Waals surface area contributed by atoms with Gasteiger partial charge in [-0.1, -0.05) is 42.5 Å². The van der Waals surface area contributed by atoms with E-state index in [1.54, 1.807) is 18.9 Å². The number of methoxy groups -OCH3 is 1. The van der Waals surface area contributed by atoms with E-state index in [-0.39, 0.29) is 0 Å². The number of ether oxygens (including phenoxy) is 1. The van der Waals surface area contributed by atoms with Gasteiger partial charge in [-0.05, 0) is 34.5 Å². The zero-order valence-electron chi connectivity index (χ0n) is 11.9. The fraction of sp³-hybridized carbons (Fsp3) is 0.111. The zero-order valence-corrected chi connectivity index (χ0v) is 12.7. The molecule has 0 aliphatic rings. The molecule has 0 spiro atoms. The molecule has 0 bridgehead atoms. The minimum absolute atomic E-state index is 0.793. The molecule has 3 rings (SSSR count). The zero-order chi connectivity index (χ0) is 14.7. The van der Waals surface area contributed by atoms with E-state index in [2.05, 4.69) is 42.5 Å². The Labute approximate surface area is 128 Å². The third-order valence-electron chi connectivity index (χ3n) is 3.48. The lowest BCUT2D eigenvalue weighted by Gasteiger charge is -2.09. The molecule has 3 aromatic carbocycles. The SMILES string of the molecule is COc1ccc(N)c(SCc2cccc3ccccc23)c1. The van der Waals surface area contributed by atoms with Gasteiger partial charge >= 0.3 is 0 Å². The first-order valence-corrected chi connectivity index (χ1v) is 7.79. The summed E-state index contributed by atoms with van der Waals surface area (Å²) in [7, 11) is 1.67. The average molecular weight is 295 g/mol. The lowest BCUT2D eigenvalue weighted by molar-refractivity contribution is 0.414. The third kappa shape index (κ3) is 2.98. The molecular weight excluding hydrogens is 278 g/mol. The van der Waals surface area contributed by atoms with Crippen LogP contribution < -0.4 is 10.5 Å². The van der Waals surface area contributed by atoms with Gasteiger partial charge in [0.1, 0.15) is 5.75 Å². The van der Waals surface area contributed by atoms with Crippen LogP contribution in [0.25, 0.3) is 10.8 Å². The van der Waals surface area contributed by atoms with Crippen molar-refractivity contribution in [2.45, 2.75) is 10.6 Å². The minimum Gasteiger partial charge on any atom is -0.497 e. The van der Waals surface area contributed by atoms with E-state index in [9.17, 15) is 0 Å². The van der Waals surface area contributed by atoms with Crippen molar-refractivity contribution in [3.8, 4) is 5.75 Å². The van der Waals surface area contributed by atoms with E-state index in [4.69, 9.17) is 10.5 Å². The van der Waals surface area contributed by atoms with Crippen LogP contribution in [-0.4, -0.2) is 7.11 Å². The van der Waals surface area contributed by atoms with Crippen LogP contribution in [0.1, 0.15) is 5.56 Å². The number of hydrogen-bond donors (Lipinski definition) is 1. The molecule has 2 N–H and O–H groups in total. The summed E-state index contributed by atoms with van der Waals surface area (Å²) >= 11 is 1.74. The summed E-state index contributed by atoms with van der Waals surface area (Å²) in [6, 6.07) is 20.6. The second-order valence-corrected chi connectivity index (χ2v) is 5.85. The summed E-state index contributed by atoms with van der Waals surface area (Å²) in [6.45, 7) is 0. The maximum Gasteiger partial charge on any atom is 0.120 e. The fourth-order valence-electron chi connectivity index (χ4n) is 2.34. The van der Waals surface area contributed by atoms with E-state index in [1.807, 2.05) is 18.2 Å². The summed E-state index contributed by atoms with van der Waals surface area (Å²) in [5.74, 6) is 1.73. The van der Waals surface area contributed by atoms with Crippen molar-refractivity contribution < 1.29 is 4.74 Å². The van der Waals surface area contributed by atoms with Gasteiger partial charge in [-0.3, -0.25) is 0 Å². The molecule has 3 aromatic rings. The first-order chi connectivity index (χ1) is 10.3. The topological polar surface area (TPSA) is 35.2 Å². The molecule has 21 heavy (non-hydrogen) atoms. The van der Waals surface area contributed by atoms with Gasteiger partial charge in [0.2, 0.25) is 0 Å². The number of thioether (sulfide) groups is 1. The Morgan fingerprint density at radius 3 is 2.67 bits per heavy atom. The molecule has 0 aliphatic carbocycles. The molecule has 0 amide bonds. The Bertz CT molecular complexity index is 765. The van der Waals surface area contributed by atoms with Crippen molar-refractivity contribution in [3.05, 3.63) is 66.2 Å². The van der Waals surface area contributed by atoms with E-state index in [1.165, 1.54) is 16.3 Å². The van der Waals surface area contributed by atoms with Gasteiger partial charge < -0.3 is 10.5 Å². The predicted molar refractivity (Wildman–Crippen MR) is 90.9 cm³/mol. The van der Waals surface area contributed by atoms with Gasteiger partial charge in [0, 0.05) is 16.3 Å².